The Kier molecular flexibility index (Phi) is 4.40. The van der Waals surface area contributed by atoms with Crippen LogP contribution in [-0.4, -0.2) is 16.8 Å². The van der Waals surface area contributed by atoms with E-state index >= 15 is 0 Å². The number of benzene rings is 2. The van der Waals surface area contributed by atoms with Crippen LogP contribution in [0.1, 0.15) is 18.1 Å². The van der Waals surface area contributed by atoms with Gasteiger partial charge in [-0.3, -0.25) is 4.57 Å². The van der Waals surface area contributed by atoms with Gasteiger partial charge in [-0.2, -0.15) is 0 Å². The second-order valence-corrected chi connectivity index (χ2v) is 7.28. The fraction of sp³-hybridized carbons (Fsp3) is 0.250. The summed E-state index contributed by atoms with van der Waals surface area (Å²) in [5, 5.41) is 20.7. The molecule has 5 heteroatoms. The molecule has 0 aliphatic heterocycles. The van der Waals surface area contributed by atoms with Crippen molar-refractivity contribution in [3.05, 3.63) is 47.5 Å². The van der Waals surface area contributed by atoms with Gasteiger partial charge in [-0.1, -0.05) is 12.1 Å². The lowest BCUT2D eigenvalue weighted by Gasteiger charge is -2.20. The molecule has 0 amide bonds. The summed E-state index contributed by atoms with van der Waals surface area (Å²) in [5.74, 6) is -0.182. The molecule has 0 radical (unpaired) electrons. The van der Waals surface area contributed by atoms with Crippen molar-refractivity contribution >= 4 is 18.0 Å². The van der Waals surface area contributed by atoms with Gasteiger partial charge in [0.05, 0.1) is 17.2 Å². The van der Waals surface area contributed by atoms with Gasteiger partial charge in [0.25, 0.3) is 7.37 Å². The lowest BCUT2D eigenvalue weighted by Crippen LogP contribution is -2.19. The van der Waals surface area contributed by atoms with E-state index in [1.807, 2.05) is 13.8 Å². The number of hydrogen-bond acceptors (Lipinski definition) is 4. The second kappa shape index (κ2) is 5.92. The number of rotatable bonds is 4. The number of hydrogen-bond donors (Lipinski definition) is 2. The average molecular weight is 306 g/mol. The van der Waals surface area contributed by atoms with Gasteiger partial charge in [0.2, 0.25) is 0 Å². The van der Waals surface area contributed by atoms with E-state index in [0.717, 1.165) is 11.1 Å². The van der Waals surface area contributed by atoms with Crippen LogP contribution < -0.4 is 10.6 Å². The molecule has 0 spiro atoms. The maximum absolute atomic E-state index is 13.3. The van der Waals surface area contributed by atoms with Gasteiger partial charge in [0.1, 0.15) is 11.5 Å². The van der Waals surface area contributed by atoms with Crippen molar-refractivity contribution in [2.24, 2.45) is 0 Å². The molecule has 0 unspecified atom stereocenters. The third-order valence-corrected chi connectivity index (χ3v) is 5.85. The Morgan fingerprint density at radius 3 is 1.71 bits per heavy atom. The molecule has 0 aliphatic rings. The molecule has 0 saturated heterocycles. The van der Waals surface area contributed by atoms with E-state index in [1.54, 1.807) is 31.2 Å². The van der Waals surface area contributed by atoms with E-state index in [4.69, 9.17) is 4.52 Å². The molecule has 0 aliphatic carbocycles. The molecule has 0 bridgehead atoms. The summed E-state index contributed by atoms with van der Waals surface area (Å²) < 4.78 is 18.8. The SMILES string of the molecule is CCOP(=O)(c1ccc(C)cc1O)c1ccc(C)cc1O. The molecule has 2 N–H and O–H groups in total. The molecule has 0 saturated carbocycles. The van der Waals surface area contributed by atoms with Gasteiger partial charge in [-0.15, -0.1) is 0 Å². The Labute approximate surface area is 124 Å². The zero-order valence-corrected chi connectivity index (χ0v) is 13.2. The molecule has 21 heavy (non-hydrogen) atoms. The Morgan fingerprint density at radius 1 is 0.952 bits per heavy atom. The highest BCUT2D eigenvalue weighted by Gasteiger charge is 2.33. The number of aryl methyl sites for hydroxylation is 2. The fourth-order valence-electron chi connectivity index (χ4n) is 2.22. The topological polar surface area (TPSA) is 66.8 Å². The molecule has 4 nitrogen and oxygen atoms in total. The van der Waals surface area contributed by atoms with E-state index < -0.39 is 7.37 Å². The third kappa shape index (κ3) is 2.97. The number of aromatic hydroxyl groups is 2. The minimum atomic E-state index is -3.54. The van der Waals surface area contributed by atoms with E-state index in [-0.39, 0.29) is 28.7 Å². The Bertz CT molecular complexity index is 654. The molecular formula is C16H19O4P. The van der Waals surface area contributed by atoms with Crippen LogP contribution in [0.2, 0.25) is 0 Å². The molecule has 0 heterocycles. The first kappa shape index (κ1) is 15.6. The smallest absolute Gasteiger partial charge is 0.268 e. The average Bonchev–Trinajstić information content (AvgIpc) is 2.38. The van der Waals surface area contributed by atoms with Crippen molar-refractivity contribution in [1.29, 1.82) is 0 Å². The predicted molar refractivity (Wildman–Crippen MR) is 84.2 cm³/mol. The third-order valence-electron chi connectivity index (χ3n) is 3.21. The van der Waals surface area contributed by atoms with Crippen molar-refractivity contribution in [2.75, 3.05) is 6.61 Å². The first-order valence-electron chi connectivity index (χ1n) is 6.73. The molecule has 2 aromatic rings. The summed E-state index contributed by atoms with van der Waals surface area (Å²) in [5.41, 5.74) is 1.71. The van der Waals surface area contributed by atoms with Crippen molar-refractivity contribution < 1.29 is 19.3 Å². The van der Waals surface area contributed by atoms with Crippen LogP contribution in [0.4, 0.5) is 0 Å². The molecule has 2 rings (SSSR count). The van der Waals surface area contributed by atoms with Crippen molar-refractivity contribution in [2.45, 2.75) is 20.8 Å². The van der Waals surface area contributed by atoms with Crippen LogP contribution in [0.15, 0.2) is 36.4 Å². The van der Waals surface area contributed by atoms with E-state index in [2.05, 4.69) is 0 Å². The summed E-state index contributed by atoms with van der Waals surface area (Å²) in [6, 6.07) is 9.75. The lowest BCUT2D eigenvalue weighted by atomic mass is 10.2. The Balaban J connectivity index is 2.67. The zero-order chi connectivity index (χ0) is 15.6. The highest BCUT2D eigenvalue weighted by Crippen LogP contribution is 2.49. The van der Waals surface area contributed by atoms with Gasteiger partial charge in [0, 0.05) is 0 Å². The van der Waals surface area contributed by atoms with Crippen molar-refractivity contribution in [3.8, 4) is 11.5 Å². The summed E-state index contributed by atoms with van der Waals surface area (Å²) in [6.45, 7) is 5.60. The minimum Gasteiger partial charge on any atom is -0.507 e. The van der Waals surface area contributed by atoms with Gasteiger partial charge in [0.15, 0.2) is 0 Å². The highest BCUT2D eigenvalue weighted by molar-refractivity contribution is 7.74. The van der Waals surface area contributed by atoms with Gasteiger partial charge in [-0.25, -0.2) is 0 Å². The van der Waals surface area contributed by atoms with Gasteiger partial charge in [-0.05, 0) is 56.2 Å². The molecular weight excluding hydrogens is 287 g/mol. The largest absolute Gasteiger partial charge is 0.507 e. The van der Waals surface area contributed by atoms with Crippen LogP contribution in [0.3, 0.4) is 0 Å². The number of phenols is 2. The van der Waals surface area contributed by atoms with Gasteiger partial charge >= 0.3 is 0 Å². The first-order chi connectivity index (χ1) is 9.88. The number of phenolic OH excluding ortho intramolecular Hbond substituents is 2. The maximum atomic E-state index is 13.3. The molecule has 2 aromatic carbocycles. The molecule has 0 atom stereocenters. The highest BCUT2D eigenvalue weighted by atomic mass is 31.2. The minimum absolute atomic E-state index is 0.0910. The van der Waals surface area contributed by atoms with Gasteiger partial charge < -0.3 is 14.7 Å². The molecule has 112 valence electrons. The van der Waals surface area contributed by atoms with Crippen molar-refractivity contribution in [3.63, 3.8) is 0 Å². The van der Waals surface area contributed by atoms with Crippen LogP contribution in [0.25, 0.3) is 0 Å². The molecule has 0 aromatic heterocycles. The normalized spacial score (nSPS) is 11.6. The maximum Gasteiger partial charge on any atom is 0.268 e. The van der Waals surface area contributed by atoms with E-state index in [0.29, 0.717) is 0 Å². The van der Waals surface area contributed by atoms with E-state index in [1.165, 1.54) is 12.1 Å². The van der Waals surface area contributed by atoms with Crippen LogP contribution in [0.5, 0.6) is 11.5 Å². The monoisotopic (exact) mass is 306 g/mol. The summed E-state index contributed by atoms with van der Waals surface area (Å²) in [4.78, 5) is 0. The second-order valence-electron chi connectivity index (χ2n) is 4.95. The van der Waals surface area contributed by atoms with Crippen LogP contribution >= 0.6 is 7.37 Å². The summed E-state index contributed by atoms with van der Waals surface area (Å²) in [6.07, 6.45) is 0. The van der Waals surface area contributed by atoms with E-state index in [9.17, 15) is 14.8 Å². The predicted octanol–water partition coefficient (Wildman–Crippen LogP) is 2.98. The summed E-state index contributed by atoms with van der Waals surface area (Å²) >= 11 is 0. The van der Waals surface area contributed by atoms with Crippen molar-refractivity contribution in [1.82, 2.24) is 0 Å². The zero-order valence-electron chi connectivity index (χ0n) is 12.3. The quantitative estimate of drug-likeness (QED) is 0.852. The van der Waals surface area contributed by atoms with Crippen LogP contribution in [-0.2, 0) is 9.09 Å². The first-order valence-corrected chi connectivity index (χ1v) is 8.36. The van der Waals surface area contributed by atoms with Crippen LogP contribution in [0, 0.1) is 13.8 Å². The standard InChI is InChI=1S/C16H19O4P/c1-4-20-21(19,15-7-5-11(2)9-13(15)17)16-8-6-12(3)10-14(16)18/h5-10,17-18H,4H2,1-3H3. The fourth-order valence-corrected chi connectivity index (χ4v) is 4.39. The Hall–Kier alpha value is -1.77. The molecule has 0 fully saturated rings. The lowest BCUT2D eigenvalue weighted by molar-refractivity contribution is 0.346. The summed E-state index contributed by atoms with van der Waals surface area (Å²) in [7, 11) is -3.54. The Morgan fingerprint density at radius 2 is 1.38 bits per heavy atom.